The maximum absolute atomic E-state index is 13.1. The average molecular weight is 366 g/mol. The van der Waals surface area contributed by atoms with E-state index in [1.165, 1.54) is 19.3 Å². The summed E-state index contributed by atoms with van der Waals surface area (Å²) in [7, 11) is 0. The zero-order chi connectivity index (χ0) is 18.5. The van der Waals surface area contributed by atoms with Gasteiger partial charge < -0.3 is 14.2 Å². The monoisotopic (exact) mass is 366 g/mol. The van der Waals surface area contributed by atoms with Crippen LogP contribution in [0.5, 0.6) is 0 Å². The highest BCUT2D eigenvalue weighted by Gasteiger charge is 2.43. The number of amides is 2. The molecule has 27 heavy (non-hydrogen) atoms. The molecule has 2 amide bonds. The minimum Gasteiger partial charge on any atom is -0.337 e. The lowest BCUT2D eigenvalue weighted by atomic mass is 9.83. The third-order valence-electron chi connectivity index (χ3n) is 6.60. The summed E-state index contributed by atoms with van der Waals surface area (Å²) >= 11 is 0. The van der Waals surface area contributed by atoms with Gasteiger partial charge in [0.15, 0.2) is 0 Å². The molecule has 0 radical (unpaired) electrons. The highest BCUT2D eigenvalue weighted by molar-refractivity contribution is 5.94. The maximum Gasteiger partial charge on any atom is 0.274 e. The molecule has 3 aliphatic heterocycles. The number of pyridine rings is 1. The summed E-state index contributed by atoms with van der Waals surface area (Å²) in [5.74, 6) is 0.830. The van der Waals surface area contributed by atoms with Crippen molar-refractivity contribution in [1.29, 1.82) is 0 Å². The first-order valence-corrected chi connectivity index (χ1v) is 10.1. The van der Waals surface area contributed by atoms with E-state index in [0.29, 0.717) is 24.7 Å². The van der Waals surface area contributed by atoms with E-state index in [1.807, 2.05) is 34.6 Å². The van der Waals surface area contributed by atoms with Crippen LogP contribution in [0.2, 0.25) is 0 Å². The molecular formula is C21H26N4O2. The van der Waals surface area contributed by atoms with Gasteiger partial charge in [-0.2, -0.15) is 0 Å². The van der Waals surface area contributed by atoms with Gasteiger partial charge in [-0.1, -0.05) is 6.42 Å². The molecule has 1 saturated carbocycles. The van der Waals surface area contributed by atoms with E-state index < -0.39 is 0 Å². The predicted molar refractivity (Wildman–Crippen MR) is 101 cm³/mol. The topological polar surface area (TPSA) is 57.9 Å². The molecule has 1 aliphatic carbocycles. The third kappa shape index (κ3) is 2.91. The fraction of sp³-hybridized carbons (Fsp3) is 0.571. The highest BCUT2D eigenvalue weighted by Crippen LogP contribution is 2.34. The average Bonchev–Trinajstić information content (AvgIpc) is 2.84. The Morgan fingerprint density at radius 2 is 2.07 bits per heavy atom. The number of aryl methyl sites for hydroxylation is 1. The number of hydrogen-bond donors (Lipinski definition) is 0. The van der Waals surface area contributed by atoms with Gasteiger partial charge in [0.1, 0.15) is 11.3 Å². The standard InChI is InChI=1S/C21H26N4O2/c1-14-7-8-23-13-18(22-19(23)9-14)21(27)24-11-16-5-6-17(12-24)25(20(16)26)10-15-3-2-4-15/h7-9,13,15-17H,2-6,10-12H2,1H3/t16-,17+/m1/s1. The third-order valence-corrected chi connectivity index (χ3v) is 6.60. The van der Waals surface area contributed by atoms with Gasteiger partial charge in [0, 0.05) is 38.1 Å². The summed E-state index contributed by atoms with van der Waals surface area (Å²) < 4.78 is 1.89. The van der Waals surface area contributed by atoms with Crippen LogP contribution in [0.1, 0.15) is 48.2 Å². The van der Waals surface area contributed by atoms with E-state index in [1.54, 1.807) is 6.20 Å². The lowest BCUT2D eigenvalue weighted by molar-refractivity contribution is -0.141. The number of imidazole rings is 1. The summed E-state index contributed by atoms with van der Waals surface area (Å²) in [6.45, 7) is 4.07. The predicted octanol–water partition coefficient (Wildman–Crippen LogP) is 2.51. The van der Waals surface area contributed by atoms with Crippen LogP contribution in [-0.4, -0.2) is 56.7 Å². The van der Waals surface area contributed by atoms with Crippen LogP contribution in [0.3, 0.4) is 0 Å². The summed E-state index contributed by atoms with van der Waals surface area (Å²) in [4.78, 5) is 34.6. The van der Waals surface area contributed by atoms with Crippen molar-refractivity contribution in [3.8, 4) is 0 Å². The molecule has 142 valence electrons. The summed E-state index contributed by atoms with van der Waals surface area (Å²) in [6.07, 6.45) is 9.42. The van der Waals surface area contributed by atoms with Gasteiger partial charge in [-0.05, 0) is 56.2 Å². The molecule has 6 rings (SSSR count). The first kappa shape index (κ1) is 16.8. The molecule has 2 bridgehead atoms. The van der Waals surface area contributed by atoms with Crippen LogP contribution in [-0.2, 0) is 4.79 Å². The Kier molecular flexibility index (Phi) is 3.95. The smallest absolute Gasteiger partial charge is 0.274 e. The van der Waals surface area contributed by atoms with Gasteiger partial charge in [0.25, 0.3) is 5.91 Å². The number of fused-ring (bicyclic) bond motifs is 5. The first-order chi connectivity index (χ1) is 13.1. The lowest BCUT2D eigenvalue weighted by Crippen LogP contribution is -2.50. The van der Waals surface area contributed by atoms with Gasteiger partial charge in [-0.3, -0.25) is 9.59 Å². The number of carbonyl (C=O) groups is 2. The molecule has 0 aromatic carbocycles. The minimum atomic E-state index is -0.0495. The quantitative estimate of drug-likeness (QED) is 0.839. The highest BCUT2D eigenvalue weighted by atomic mass is 16.2. The normalized spacial score (nSPS) is 25.7. The molecule has 6 heteroatoms. The zero-order valence-corrected chi connectivity index (χ0v) is 15.8. The van der Waals surface area contributed by atoms with E-state index in [0.717, 1.165) is 30.6 Å². The largest absolute Gasteiger partial charge is 0.337 e. The van der Waals surface area contributed by atoms with Crippen LogP contribution in [0, 0.1) is 18.8 Å². The molecule has 0 spiro atoms. The van der Waals surface area contributed by atoms with Crippen molar-refractivity contribution < 1.29 is 9.59 Å². The van der Waals surface area contributed by atoms with E-state index in [2.05, 4.69) is 9.88 Å². The molecule has 0 unspecified atom stereocenters. The second-order valence-corrected chi connectivity index (χ2v) is 8.52. The van der Waals surface area contributed by atoms with Crippen LogP contribution in [0.4, 0.5) is 0 Å². The van der Waals surface area contributed by atoms with Gasteiger partial charge >= 0.3 is 0 Å². The molecule has 3 saturated heterocycles. The Morgan fingerprint density at radius 3 is 2.85 bits per heavy atom. The molecule has 4 fully saturated rings. The van der Waals surface area contributed by atoms with Gasteiger partial charge in [-0.25, -0.2) is 4.98 Å². The van der Waals surface area contributed by atoms with Crippen molar-refractivity contribution in [2.45, 2.75) is 45.1 Å². The van der Waals surface area contributed by atoms with Crippen molar-refractivity contribution >= 4 is 17.5 Å². The summed E-state index contributed by atoms with van der Waals surface area (Å²) in [5, 5.41) is 0. The molecule has 0 N–H and O–H groups in total. The Hall–Kier alpha value is -2.37. The van der Waals surface area contributed by atoms with Gasteiger partial charge in [-0.15, -0.1) is 0 Å². The van der Waals surface area contributed by atoms with Crippen molar-refractivity contribution in [2.24, 2.45) is 11.8 Å². The second kappa shape index (κ2) is 6.36. The van der Waals surface area contributed by atoms with Crippen molar-refractivity contribution in [2.75, 3.05) is 19.6 Å². The Balaban J connectivity index is 1.38. The van der Waals surface area contributed by atoms with Crippen LogP contribution >= 0.6 is 0 Å². The van der Waals surface area contributed by atoms with Crippen LogP contribution < -0.4 is 0 Å². The molecule has 2 aromatic rings. The molecule has 6 nitrogen and oxygen atoms in total. The molecule has 5 heterocycles. The first-order valence-electron chi connectivity index (χ1n) is 10.1. The van der Waals surface area contributed by atoms with Crippen LogP contribution in [0.15, 0.2) is 24.5 Å². The number of rotatable bonds is 3. The van der Waals surface area contributed by atoms with Gasteiger partial charge in [0.2, 0.25) is 5.91 Å². The molecule has 4 aliphatic rings. The van der Waals surface area contributed by atoms with E-state index in [4.69, 9.17) is 0 Å². The fourth-order valence-electron chi connectivity index (χ4n) is 4.75. The van der Waals surface area contributed by atoms with Crippen molar-refractivity contribution in [1.82, 2.24) is 19.2 Å². The number of hydrogen-bond acceptors (Lipinski definition) is 3. The molecule has 2 aromatic heterocycles. The van der Waals surface area contributed by atoms with E-state index in [-0.39, 0.29) is 23.8 Å². The van der Waals surface area contributed by atoms with Crippen LogP contribution in [0.25, 0.3) is 5.65 Å². The summed E-state index contributed by atoms with van der Waals surface area (Å²) in [5.41, 5.74) is 2.39. The minimum absolute atomic E-state index is 0.0490. The molecule has 2 atom stereocenters. The lowest BCUT2D eigenvalue weighted by Gasteiger charge is -2.40. The Bertz CT molecular complexity index is 901. The maximum atomic E-state index is 13.1. The number of aromatic nitrogens is 2. The van der Waals surface area contributed by atoms with E-state index in [9.17, 15) is 9.59 Å². The van der Waals surface area contributed by atoms with E-state index >= 15 is 0 Å². The fourth-order valence-corrected chi connectivity index (χ4v) is 4.75. The van der Waals surface area contributed by atoms with Gasteiger partial charge in [0.05, 0.1) is 5.92 Å². The SMILES string of the molecule is Cc1ccn2cc(C(=O)N3C[C@H]4CC[C@@H](C3)N(CC3CCC3)C4=O)nc2c1. The number of piperidine rings is 1. The van der Waals surface area contributed by atoms with Crippen molar-refractivity contribution in [3.63, 3.8) is 0 Å². The number of carbonyl (C=O) groups excluding carboxylic acids is 2. The van der Waals surface area contributed by atoms with Crippen molar-refractivity contribution in [3.05, 3.63) is 35.8 Å². The Morgan fingerprint density at radius 1 is 1.22 bits per heavy atom. The zero-order valence-electron chi connectivity index (χ0n) is 15.8. The summed E-state index contributed by atoms with van der Waals surface area (Å²) in [6, 6.07) is 4.15. The Labute approximate surface area is 159 Å². The number of nitrogens with zero attached hydrogens (tertiary/aromatic N) is 4. The molecular weight excluding hydrogens is 340 g/mol. The second-order valence-electron chi connectivity index (χ2n) is 8.52.